The number of para-hydroxylation sites is 2. The Bertz CT molecular complexity index is 2820. The lowest BCUT2D eigenvalue weighted by Crippen LogP contribution is -2.25. The SMILES string of the molecule is COC(=O)c1ccccc1NC(=O)C(=O)c1c(O)c(O)c(C(C)C)c2cc(C)c(-c3c(C)cc4c(C(C)C)c(O)c(O)c(C(=O)C(=O)Nc5ccccc5C(=O)OC)c4c3O)c(O)c12. The largest absolute Gasteiger partial charge is 0.507 e. The monoisotopic (exact) mass is 872 g/mol. The summed E-state index contributed by atoms with van der Waals surface area (Å²) in [6.45, 7) is 9.72. The van der Waals surface area contributed by atoms with Gasteiger partial charge in [-0.2, -0.15) is 0 Å². The van der Waals surface area contributed by atoms with E-state index in [9.17, 15) is 59.4 Å². The molecule has 0 saturated carbocycles. The van der Waals surface area contributed by atoms with Crippen molar-refractivity contribution in [1.82, 2.24) is 0 Å². The number of amides is 2. The fourth-order valence-corrected chi connectivity index (χ4v) is 8.10. The van der Waals surface area contributed by atoms with Gasteiger partial charge >= 0.3 is 11.9 Å². The first kappa shape index (κ1) is 45.4. The van der Waals surface area contributed by atoms with E-state index in [1.54, 1.807) is 27.7 Å². The van der Waals surface area contributed by atoms with E-state index in [2.05, 4.69) is 10.6 Å². The van der Waals surface area contributed by atoms with Crippen molar-refractivity contribution in [2.75, 3.05) is 24.9 Å². The number of hydrogen-bond donors (Lipinski definition) is 8. The molecule has 16 heteroatoms. The minimum absolute atomic E-state index is 0.0394. The summed E-state index contributed by atoms with van der Waals surface area (Å²) in [5.74, 6) is -13.6. The summed E-state index contributed by atoms with van der Waals surface area (Å²) in [5, 5.41) is 74.5. The second kappa shape index (κ2) is 17.3. The van der Waals surface area contributed by atoms with Crippen molar-refractivity contribution in [3.8, 4) is 45.6 Å². The number of aromatic hydroxyl groups is 6. The highest BCUT2D eigenvalue weighted by atomic mass is 16.5. The molecule has 6 aromatic rings. The van der Waals surface area contributed by atoms with Gasteiger partial charge in [-0.25, -0.2) is 9.59 Å². The van der Waals surface area contributed by atoms with E-state index in [0.717, 1.165) is 14.2 Å². The highest BCUT2D eigenvalue weighted by Gasteiger charge is 2.36. The zero-order valence-electron chi connectivity index (χ0n) is 35.9. The minimum atomic E-state index is -1.45. The molecule has 0 aliphatic heterocycles. The minimum Gasteiger partial charge on any atom is -0.507 e. The first-order valence-corrected chi connectivity index (χ1v) is 19.7. The van der Waals surface area contributed by atoms with E-state index in [1.807, 2.05) is 0 Å². The number of ether oxygens (including phenoxy) is 2. The van der Waals surface area contributed by atoms with Crippen LogP contribution >= 0.6 is 0 Å². The van der Waals surface area contributed by atoms with E-state index in [4.69, 9.17) is 9.47 Å². The number of esters is 2. The summed E-state index contributed by atoms with van der Waals surface area (Å²) in [6.07, 6.45) is 0. The van der Waals surface area contributed by atoms with Crippen LogP contribution in [0, 0.1) is 13.8 Å². The highest BCUT2D eigenvalue weighted by molar-refractivity contribution is 6.50. The van der Waals surface area contributed by atoms with Crippen LogP contribution in [0.15, 0.2) is 60.7 Å². The van der Waals surface area contributed by atoms with Gasteiger partial charge in [0.05, 0.1) is 47.8 Å². The third-order valence-electron chi connectivity index (χ3n) is 10.9. The molecule has 0 aromatic heterocycles. The summed E-state index contributed by atoms with van der Waals surface area (Å²) in [6, 6.07) is 14.2. The molecule has 6 rings (SSSR count). The maximum Gasteiger partial charge on any atom is 0.339 e. The highest BCUT2D eigenvalue weighted by Crippen LogP contribution is 2.55. The summed E-state index contributed by atoms with van der Waals surface area (Å²) < 4.78 is 9.56. The van der Waals surface area contributed by atoms with Gasteiger partial charge in [0, 0.05) is 33.0 Å². The van der Waals surface area contributed by atoms with E-state index >= 15 is 0 Å². The number of carbonyl (C=O) groups is 6. The Morgan fingerprint density at radius 2 is 0.828 bits per heavy atom. The van der Waals surface area contributed by atoms with Crippen LogP contribution in [0.5, 0.6) is 34.5 Å². The summed E-state index contributed by atoms with van der Waals surface area (Å²) in [4.78, 5) is 80.8. The van der Waals surface area contributed by atoms with Crippen molar-refractivity contribution in [3.05, 3.63) is 105 Å². The number of aryl methyl sites for hydroxylation is 2. The first-order valence-electron chi connectivity index (χ1n) is 19.7. The molecule has 330 valence electrons. The zero-order valence-corrected chi connectivity index (χ0v) is 35.9. The van der Waals surface area contributed by atoms with Gasteiger partial charge in [-0.1, -0.05) is 64.1 Å². The number of nitrogens with one attached hydrogen (secondary N) is 2. The molecule has 0 bridgehead atoms. The third-order valence-corrected chi connectivity index (χ3v) is 10.9. The van der Waals surface area contributed by atoms with Crippen molar-refractivity contribution < 1.29 is 68.9 Å². The Labute approximate surface area is 365 Å². The van der Waals surface area contributed by atoms with Crippen molar-refractivity contribution in [1.29, 1.82) is 0 Å². The van der Waals surface area contributed by atoms with E-state index < -0.39 is 104 Å². The van der Waals surface area contributed by atoms with E-state index in [-0.39, 0.29) is 66.7 Å². The third kappa shape index (κ3) is 7.48. The number of hydrogen-bond acceptors (Lipinski definition) is 14. The summed E-state index contributed by atoms with van der Waals surface area (Å²) in [7, 11) is 2.24. The number of ketones is 2. The zero-order chi connectivity index (χ0) is 47.2. The standard InChI is InChI=1S/C48H44N2O14/c1-19(2)29-25-17-21(5)31(37(51)33(25)35(41(55)39(29)53)43(57)45(59)49-27-15-11-9-13-23(27)47(61)63-7)32-22(6)18-26-30(20(3)4)40(54)42(56)36(34(26)38(32)52)44(58)46(60)50-28-16-12-10-14-24(28)48(62)64-8/h9-20,51-56H,1-8H3,(H,49,59)(H,50,60). The van der Waals surface area contributed by atoms with Crippen LogP contribution in [-0.2, 0) is 19.1 Å². The molecule has 0 radical (unpaired) electrons. The Morgan fingerprint density at radius 3 is 1.14 bits per heavy atom. The second-order valence-electron chi connectivity index (χ2n) is 15.6. The number of phenols is 6. The topological polar surface area (TPSA) is 266 Å². The molecule has 0 aliphatic rings. The molecule has 6 aromatic carbocycles. The Hall–Kier alpha value is -8.14. The number of fused-ring (bicyclic) bond motifs is 2. The molecule has 0 fully saturated rings. The first-order chi connectivity index (χ1) is 30.2. The molecule has 0 unspecified atom stereocenters. The van der Waals surface area contributed by atoms with Crippen molar-refractivity contribution in [2.45, 2.75) is 53.4 Å². The van der Waals surface area contributed by atoms with Crippen LogP contribution in [0.1, 0.15) is 103 Å². The summed E-state index contributed by atoms with van der Waals surface area (Å²) in [5.41, 5.74) is -1.95. The summed E-state index contributed by atoms with van der Waals surface area (Å²) >= 11 is 0. The second-order valence-corrected chi connectivity index (χ2v) is 15.6. The molecular formula is C48H44N2O14. The molecule has 16 nitrogen and oxygen atoms in total. The van der Waals surface area contributed by atoms with E-state index in [0.29, 0.717) is 0 Å². The lowest BCUT2D eigenvalue weighted by molar-refractivity contribution is -0.113. The predicted molar refractivity (Wildman–Crippen MR) is 236 cm³/mol. The van der Waals surface area contributed by atoms with Gasteiger partial charge < -0.3 is 50.7 Å². The molecule has 2 amide bonds. The average Bonchev–Trinajstić information content (AvgIpc) is 3.25. The fraction of sp³-hybridized carbons (Fsp3) is 0.208. The molecule has 0 heterocycles. The van der Waals surface area contributed by atoms with Gasteiger partial charge in [-0.3, -0.25) is 19.2 Å². The van der Waals surface area contributed by atoms with Gasteiger partial charge in [0.25, 0.3) is 23.4 Å². The van der Waals surface area contributed by atoms with Crippen molar-refractivity contribution >= 4 is 68.2 Å². The quantitative estimate of drug-likeness (QED) is 0.0266. The number of anilines is 2. The molecule has 64 heavy (non-hydrogen) atoms. The average molecular weight is 873 g/mol. The Balaban J connectivity index is 1.65. The van der Waals surface area contributed by atoms with E-state index in [1.165, 1.54) is 74.5 Å². The van der Waals surface area contributed by atoms with Crippen LogP contribution in [0.25, 0.3) is 32.7 Å². The van der Waals surface area contributed by atoms with Crippen LogP contribution in [0.3, 0.4) is 0 Å². The molecule has 0 spiro atoms. The van der Waals surface area contributed by atoms with Crippen LogP contribution in [0.2, 0.25) is 0 Å². The van der Waals surface area contributed by atoms with Crippen molar-refractivity contribution in [2.24, 2.45) is 0 Å². The number of phenolic OH excluding ortho intramolecular Hbond substituents is 6. The van der Waals surface area contributed by atoms with Gasteiger partial charge in [0.1, 0.15) is 11.5 Å². The van der Waals surface area contributed by atoms with Crippen molar-refractivity contribution in [3.63, 3.8) is 0 Å². The van der Waals surface area contributed by atoms with Crippen LogP contribution in [0.4, 0.5) is 11.4 Å². The van der Waals surface area contributed by atoms with Gasteiger partial charge in [0.15, 0.2) is 23.0 Å². The molecule has 8 N–H and O–H groups in total. The Morgan fingerprint density at radius 1 is 0.500 bits per heavy atom. The lowest BCUT2D eigenvalue weighted by atomic mass is 9.82. The smallest absolute Gasteiger partial charge is 0.339 e. The molecule has 0 saturated heterocycles. The predicted octanol–water partition coefficient (Wildman–Crippen LogP) is 7.97. The van der Waals surface area contributed by atoms with Crippen LogP contribution in [-0.4, -0.2) is 80.2 Å². The number of Topliss-reactive ketones (excluding diaryl/α,β-unsaturated/α-hetero) is 2. The molecule has 0 atom stereocenters. The molecular weight excluding hydrogens is 829 g/mol. The van der Waals surface area contributed by atoms with Gasteiger partial charge in [0.2, 0.25) is 0 Å². The van der Waals surface area contributed by atoms with Crippen LogP contribution < -0.4 is 10.6 Å². The lowest BCUT2D eigenvalue weighted by Gasteiger charge is -2.24. The van der Waals surface area contributed by atoms with Gasteiger partial charge in [-0.05, 0) is 71.8 Å². The number of methoxy groups -OCH3 is 2. The fourth-order valence-electron chi connectivity index (χ4n) is 8.10. The normalized spacial score (nSPS) is 11.2. The number of rotatable bonds is 11. The maximum atomic E-state index is 14.2. The number of carbonyl (C=O) groups excluding carboxylic acids is 6. The number of benzene rings is 6. The Kier molecular flexibility index (Phi) is 12.3. The molecule has 0 aliphatic carbocycles. The van der Waals surface area contributed by atoms with Gasteiger partial charge in [-0.15, -0.1) is 0 Å². The maximum absolute atomic E-state index is 14.2.